The summed E-state index contributed by atoms with van der Waals surface area (Å²) in [4.78, 5) is 11.9. The van der Waals surface area contributed by atoms with E-state index in [4.69, 9.17) is 0 Å². The van der Waals surface area contributed by atoms with Crippen molar-refractivity contribution >= 4 is 5.91 Å². The first-order valence-electron chi connectivity index (χ1n) is 14.4. The molecule has 2 nitrogen and oxygen atoms in total. The van der Waals surface area contributed by atoms with Gasteiger partial charge in [0.2, 0.25) is 5.91 Å². The van der Waals surface area contributed by atoms with Gasteiger partial charge in [0.25, 0.3) is 0 Å². The number of allylic oxidation sites excluding steroid dienone is 4. The Kier molecular flexibility index (Phi) is 27.1. The largest absolute Gasteiger partial charge is 0.356 e. The number of amides is 1. The Balaban J connectivity index is 3.24. The third-order valence-corrected chi connectivity index (χ3v) is 6.21. The molecule has 1 N–H and O–H groups in total. The van der Waals surface area contributed by atoms with E-state index in [9.17, 15) is 4.79 Å². The molecule has 0 bridgehead atoms. The SMILES string of the molecule is CCCCC/C=C\C/C=C\CCCCCCCC(=O)NCCCCCCCCCCCC. The summed E-state index contributed by atoms with van der Waals surface area (Å²) in [6.07, 6.45) is 37.0. The monoisotopic (exact) mass is 447 g/mol. The summed E-state index contributed by atoms with van der Waals surface area (Å²) in [5.74, 6) is 0.256. The summed E-state index contributed by atoms with van der Waals surface area (Å²) < 4.78 is 0. The van der Waals surface area contributed by atoms with E-state index >= 15 is 0 Å². The third-order valence-electron chi connectivity index (χ3n) is 6.21. The van der Waals surface area contributed by atoms with Gasteiger partial charge in [0, 0.05) is 13.0 Å². The second-order valence-corrected chi connectivity index (χ2v) is 9.51. The normalized spacial score (nSPS) is 11.7. The average molecular weight is 448 g/mol. The van der Waals surface area contributed by atoms with Crippen molar-refractivity contribution in [1.82, 2.24) is 5.32 Å². The molecule has 1 amide bonds. The molecule has 0 saturated carbocycles. The first kappa shape index (κ1) is 30.9. The first-order valence-corrected chi connectivity index (χ1v) is 14.4. The van der Waals surface area contributed by atoms with Crippen molar-refractivity contribution in [1.29, 1.82) is 0 Å². The van der Waals surface area contributed by atoms with Crippen LogP contribution in [0.2, 0.25) is 0 Å². The summed E-state index contributed by atoms with van der Waals surface area (Å²) in [7, 11) is 0. The molecule has 0 rings (SSSR count). The number of rotatable bonds is 25. The molecule has 32 heavy (non-hydrogen) atoms. The summed E-state index contributed by atoms with van der Waals surface area (Å²) in [6.45, 7) is 5.40. The van der Waals surface area contributed by atoms with Crippen LogP contribution in [0, 0.1) is 0 Å². The molecule has 0 aliphatic rings. The van der Waals surface area contributed by atoms with Crippen molar-refractivity contribution in [2.75, 3.05) is 6.54 Å². The summed E-state index contributed by atoms with van der Waals surface area (Å²) in [5, 5.41) is 3.10. The molecule has 0 spiro atoms. The second kappa shape index (κ2) is 28.0. The topological polar surface area (TPSA) is 29.1 Å². The maximum absolute atomic E-state index is 11.9. The fourth-order valence-corrected chi connectivity index (χ4v) is 4.03. The van der Waals surface area contributed by atoms with Gasteiger partial charge < -0.3 is 5.32 Å². The van der Waals surface area contributed by atoms with Crippen molar-refractivity contribution in [3.63, 3.8) is 0 Å². The van der Waals surface area contributed by atoms with E-state index in [0.717, 1.165) is 25.8 Å². The zero-order valence-corrected chi connectivity index (χ0v) is 22.0. The molecule has 0 aliphatic carbocycles. The Morgan fingerprint density at radius 1 is 0.531 bits per heavy atom. The smallest absolute Gasteiger partial charge is 0.219 e. The molecule has 0 radical (unpaired) electrons. The van der Waals surface area contributed by atoms with Crippen LogP contribution >= 0.6 is 0 Å². The van der Waals surface area contributed by atoms with Crippen LogP contribution < -0.4 is 5.32 Å². The maximum Gasteiger partial charge on any atom is 0.219 e. The van der Waals surface area contributed by atoms with Crippen molar-refractivity contribution in [2.45, 2.75) is 155 Å². The van der Waals surface area contributed by atoms with E-state index in [0.29, 0.717) is 6.42 Å². The number of carbonyl (C=O) groups excluding carboxylic acids is 1. The lowest BCUT2D eigenvalue weighted by Crippen LogP contribution is -2.23. The molecule has 0 aromatic carbocycles. The molecular formula is C30H57NO. The molecular weight excluding hydrogens is 390 g/mol. The minimum Gasteiger partial charge on any atom is -0.356 e. The van der Waals surface area contributed by atoms with Crippen molar-refractivity contribution in [3.05, 3.63) is 24.3 Å². The van der Waals surface area contributed by atoms with Crippen molar-refractivity contribution in [3.8, 4) is 0 Å². The fraction of sp³-hybridized carbons (Fsp3) is 0.833. The minimum absolute atomic E-state index is 0.256. The van der Waals surface area contributed by atoms with Gasteiger partial charge in [-0.25, -0.2) is 0 Å². The summed E-state index contributed by atoms with van der Waals surface area (Å²) in [5.41, 5.74) is 0. The maximum atomic E-state index is 11.9. The van der Waals surface area contributed by atoms with E-state index in [1.807, 2.05) is 0 Å². The number of carbonyl (C=O) groups is 1. The molecule has 0 aromatic rings. The van der Waals surface area contributed by atoms with Crippen LogP contribution in [0.25, 0.3) is 0 Å². The van der Waals surface area contributed by atoms with Crippen LogP contribution in [0.3, 0.4) is 0 Å². The zero-order chi connectivity index (χ0) is 23.4. The Labute approximate surface area is 202 Å². The Morgan fingerprint density at radius 2 is 0.969 bits per heavy atom. The molecule has 2 heteroatoms. The van der Waals surface area contributed by atoms with Crippen LogP contribution in [0.5, 0.6) is 0 Å². The van der Waals surface area contributed by atoms with Crippen molar-refractivity contribution < 1.29 is 4.79 Å². The highest BCUT2D eigenvalue weighted by Gasteiger charge is 2.00. The molecule has 0 unspecified atom stereocenters. The van der Waals surface area contributed by atoms with Crippen LogP contribution in [0.4, 0.5) is 0 Å². The zero-order valence-electron chi connectivity index (χ0n) is 22.0. The van der Waals surface area contributed by atoms with E-state index < -0.39 is 0 Å². The Hall–Kier alpha value is -1.05. The fourth-order valence-electron chi connectivity index (χ4n) is 4.03. The third kappa shape index (κ3) is 27.0. The number of nitrogens with one attached hydrogen (secondary N) is 1. The molecule has 188 valence electrons. The van der Waals surface area contributed by atoms with Gasteiger partial charge in [-0.05, 0) is 44.9 Å². The predicted octanol–water partition coefficient (Wildman–Crippen LogP) is 9.84. The molecule has 0 aliphatic heterocycles. The number of hydrogen-bond donors (Lipinski definition) is 1. The summed E-state index contributed by atoms with van der Waals surface area (Å²) >= 11 is 0. The highest BCUT2D eigenvalue weighted by molar-refractivity contribution is 5.75. The highest BCUT2D eigenvalue weighted by Crippen LogP contribution is 2.11. The lowest BCUT2D eigenvalue weighted by Gasteiger charge is -2.06. The summed E-state index contributed by atoms with van der Waals surface area (Å²) in [6, 6.07) is 0. The second-order valence-electron chi connectivity index (χ2n) is 9.51. The average Bonchev–Trinajstić information content (AvgIpc) is 2.80. The van der Waals surface area contributed by atoms with E-state index in [2.05, 4.69) is 43.5 Å². The number of unbranched alkanes of at least 4 members (excludes halogenated alkanes) is 17. The Bertz CT molecular complexity index is 427. The molecule has 0 fully saturated rings. The van der Waals surface area contributed by atoms with Gasteiger partial charge >= 0.3 is 0 Å². The van der Waals surface area contributed by atoms with Crippen LogP contribution in [-0.2, 0) is 4.79 Å². The van der Waals surface area contributed by atoms with Crippen LogP contribution in [0.15, 0.2) is 24.3 Å². The number of hydrogen-bond acceptors (Lipinski definition) is 1. The molecule has 0 saturated heterocycles. The minimum atomic E-state index is 0.256. The van der Waals surface area contributed by atoms with Crippen molar-refractivity contribution in [2.24, 2.45) is 0 Å². The highest BCUT2D eigenvalue weighted by atomic mass is 16.1. The lowest BCUT2D eigenvalue weighted by atomic mass is 10.1. The van der Waals surface area contributed by atoms with Gasteiger partial charge in [0.15, 0.2) is 0 Å². The van der Waals surface area contributed by atoms with E-state index in [-0.39, 0.29) is 5.91 Å². The van der Waals surface area contributed by atoms with Gasteiger partial charge in [-0.1, -0.05) is 128 Å². The molecule has 0 heterocycles. The van der Waals surface area contributed by atoms with E-state index in [1.54, 1.807) is 0 Å². The first-order chi connectivity index (χ1) is 15.8. The van der Waals surface area contributed by atoms with E-state index in [1.165, 1.54) is 116 Å². The van der Waals surface area contributed by atoms with Crippen LogP contribution in [0.1, 0.15) is 155 Å². The van der Waals surface area contributed by atoms with Gasteiger partial charge in [-0.3, -0.25) is 4.79 Å². The Morgan fingerprint density at radius 3 is 1.56 bits per heavy atom. The van der Waals surface area contributed by atoms with Gasteiger partial charge in [-0.15, -0.1) is 0 Å². The standard InChI is InChI=1S/C30H57NO/c1-3-5-7-9-11-13-15-16-17-18-19-20-22-24-26-28-30(32)31-29-27-25-23-21-14-12-10-8-6-4-2/h11,13,16-17H,3-10,12,14-15,18-29H2,1-2H3,(H,31,32)/b13-11-,17-16-. The predicted molar refractivity (Wildman–Crippen MR) is 144 cm³/mol. The lowest BCUT2D eigenvalue weighted by molar-refractivity contribution is -0.121. The molecule has 0 atom stereocenters. The quantitative estimate of drug-likeness (QED) is 0.109. The van der Waals surface area contributed by atoms with Gasteiger partial charge in [0.05, 0.1) is 0 Å². The van der Waals surface area contributed by atoms with Gasteiger partial charge in [0.1, 0.15) is 0 Å². The van der Waals surface area contributed by atoms with Crippen LogP contribution in [-0.4, -0.2) is 12.5 Å². The van der Waals surface area contributed by atoms with Gasteiger partial charge in [-0.2, -0.15) is 0 Å². The molecule has 0 aromatic heterocycles.